The first-order valence-electron chi connectivity index (χ1n) is 9.67. The van der Waals surface area contributed by atoms with Crippen LogP contribution >= 0.6 is 0 Å². The van der Waals surface area contributed by atoms with Gasteiger partial charge in [-0.1, -0.05) is 18.2 Å². The SMILES string of the molecule is COC(=O)c1ccc(C)c(NC(=O)CN2C(=O)NC(C)(c3cccc(C(F)(F)F)c3)C2=O)c1. The van der Waals surface area contributed by atoms with Crippen LogP contribution in [0.3, 0.4) is 0 Å². The van der Waals surface area contributed by atoms with E-state index in [1.807, 2.05) is 0 Å². The number of halogens is 3. The number of carbonyl (C=O) groups is 4. The summed E-state index contributed by atoms with van der Waals surface area (Å²) in [6.45, 7) is 2.26. The predicted octanol–water partition coefficient (Wildman–Crippen LogP) is 3.21. The number of hydrogen-bond donors (Lipinski definition) is 2. The first kappa shape index (κ1) is 23.8. The molecule has 1 fully saturated rings. The summed E-state index contributed by atoms with van der Waals surface area (Å²) in [7, 11) is 1.21. The molecular formula is C22H20F3N3O5. The number of amides is 4. The number of rotatable bonds is 5. The maximum atomic E-state index is 13.1. The van der Waals surface area contributed by atoms with Gasteiger partial charge in [-0.3, -0.25) is 14.5 Å². The van der Waals surface area contributed by atoms with Crippen LogP contribution in [0.25, 0.3) is 0 Å². The molecule has 3 rings (SSSR count). The second-order valence-corrected chi connectivity index (χ2v) is 7.59. The third kappa shape index (κ3) is 4.66. The van der Waals surface area contributed by atoms with E-state index in [-0.39, 0.29) is 16.8 Å². The molecule has 1 atom stereocenters. The second kappa shape index (κ2) is 8.57. The summed E-state index contributed by atoms with van der Waals surface area (Å²) in [5.74, 6) is -2.23. The predicted molar refractivity (Wildman–Crippen MR) is 110 cm³/mol. The van der Waals surface area contributed by atoms with Crippen LogP contribution in [0.1, 0.15) is 34.0 Å². The second-order valence-electron chi connectivity index (χ2n) is 7.59. The van der Waals surface area contributed by atoms with Crippen molar-refractivity contribution in [3.8, 4) is 0 Å². The fourth-order valence-corrected chi connectivity index (χ4v) is 3.38. The zero-order valence-electron chi connectivity index (χ0n) is 17.9. The van der Waals surface area contributed by atoms with E-state index in [4.69, 9.17) is 0 Å². The van der Waals surface area contributed by atoms with Crippen LogP contribution in [0, 0.1) is 6.92 Å². The molecule has 33 heavy (non-hydrogen) atoms. The van der Waals surface area contributed by atoms with E-state index >= 15 is 0 Å². The van der Waals surface area contributed by atoms with Crippen molar-refractivity contribution in [3.63, 3.8) is 0 Å². The molecule has 8 nitrogen and oxygen atoms in total. The Labute approximate surface area is 186 Å². The summed E-state index contributed by atoms with van der Waals surface area (Å²) < 4.78 is 43.9. The molecule has 174 valence electrons. The summed E-state index contributed by atoms with van der Waals surface area (Å²) in [6, 6.07) is 7.61. The van der Waals surface area contributed by atoms with E-state index in [0.717, 1.165) is 18.2 Å². The molecule has 1 aliphatic heterocycles. The van der Waals surface area contributed by atoms with Gasteiger partial charge in [-0.2, -0.15) is 13.2 Å². The average molecular weight is 463 g/mol. The fourth-order valence-electron chi connectivity index (χ4n) is 3.38. The topological polar surface area (TPSA) is 105 Å². The third-order valence-corrected chi connectivity index (χ3v) is 5.28. The van der Waals surface area contributed by atoms with Crippen LogP contribution in [0.4, 0.5) is 23.7 Å². The molecule has 0 aliphatic carbocycles. The van der Waals surface area contributed by atoms with Crippen LogP contribution in [-0.4, -0.2) is 42.4 Å². The Balaban J connectivity index is 1.79. The number of esters is 1. The highest BCUT2D eigenvalue weighted by Gasteiger charge is 2.50. The van der Waals surface area contributed by atoms with E-state index in [9.17, 15) is 32.3 Å². The van der Waals surface area contributed by atoms with Crippen LogP contribution in [-0.2, 0) is 26.0 Å². The molecule has 0 spiro atoms. The van der Waals surface area contributed by atoms with Gasteiger partial charge in [-0.05, 0) is 49.2 Å². The quantitative estimate of drug-likeness (QED) is 0.524. The number of anilines is 1. The normalized spacial score (nSPS) is 18.2. The maximum Gasteiger partial charge on any atom is 0.416 e. The number of aryl methyl sites for hydroxylation is 1. The van der Waals surface area contributed by atoms with E-state index in [1.54, 1.807) is 13.0 Å². The van der Waals surface area contributed by atoms with Crippen LogP contribution in [0.2, 0.25) is 0 Å². The molecule has 0 bridgehead atoms. The molecule has 1 aliphatic rings. The van der Waals surface area contributed by atoms with Crippen LogP contribution < -0.4 is 10.6 Å². The Morgan fingerprint density at radius 3 is 2.48 bits per heavy atom. The van der Waals surface area contributed by atoms with Gasteiger partial charge in [0.05, 0.1) is 18.2 Å². The monoisotopic (exact) mass is 463 g/mol. The molecular weight excluding hydrogens is 443 g/mol. The number of alkyl halides is 3. The first-order valence-corrected chi connectivity index (χ1v) is 9.67. The van der Waals surface area contributed by atoms with E-state index in [0.29, 0.717) is 10.5 Å². The van der Waals surface area contributed by atoms with Gasteiger partial charge >= 0.3 is 18.2 Å². The molecule has 4 amide bonds. The number of urea groups is 1. The van der Waals surface area contributed by atoms with Crippen molar-refractivity contribution in [3.05, 3.63) is 64.7 Å². The van der Waals surface area contributed by atoms with E-state index < -0.39 is 47.6 Å². The smallest absolute Gasteiger partial charge is 0.416 e. The molecule has 2 aromatic carbocycles. The average Bonchev–Trinajstić information content (AvgIpc) is 2.98. The molecule has 0 saturated carbocycles. The maximum absolute atomic E-state index is 13.1. The zero-order valence-corrected chi connectivity index (χ0v) is 17.9. The summed E-state index contributed by atoms with van der Waals surface area (Å²) >= 11 is 0. The number of nitrogens with zero attached hydrogens (tertiary/aromatic N) is 1. The lowest BCUT2D eigenvalue weighted by atomic mass is 9.90. The third-order valence-electron chi connectivity index (χ3n) is 5.28. The summed E-state index contributed by atoms with van der Waals surface area (Å²) in [4.78, 5) is 50.3. The van der Waals surface area contributed by atoms with Crippen molar-refractivity contribution in [2.75, 3.05) is 19.0 Å². The fraction of sp³-hybridized carbons (Fsp3) is 0.273. The Kier molecular flexibility index (Phi) is 6.17. The van der Waals surface area contributed by atoms with Crippen LogP contribution in [0.15, 0.2) is 42.5 Å². The van der Waals surface area contributed by atoms with Crippen molar-refractivity contribution >= 4 is 29.5 Å². The zero-order chi connectivity index (χ0) is 24.6. The molecule has 2 N–H and O–H groups in total. The molecule has 1 saturated heterocycles. The number of imide groups is 1. The lowest BCUT2D eigenvalue weighted by molar-refractivity contribution is -0.138. The van der Waals surface area contributed by atoms with Gasteiger partial charge in [-0.25, -0.2) is 9.59 Å². The summed E-state index contributed by atoms with van der Waals surface area (Å²) in [5.41, 5.74) is -1.75. The highest BCUT2D eigenvalue weighted by Crippen LogP contribution is 2.34. The Bertz CT molecular complexity index is 1150. The highest BCUT2D eigenvalue weighted by atomic mass is 19.4. The number of nitrogens with one attached hydrogen (secondary N) is 2. The lowest BCUT2D eigenvalue weighted by Crippen LogP contribution is -2.42. The van der Waals surface area contributed by atoms with E-state index in [2.05, 4.69) is 15.4 Å². The number of ether oxygens (including phenoxy) is 1. The van der Waals surface area contributed by atoms with Gasteiger partial charge in [0.25, 0.3) is 5.91 Å². The number of hydrogen-bond acceptors (Lipinski definition) is 5. The van der Waals surface area contributed by atoms with Crippen molar-refractivity contribution in [1.29, 1.82) is 0 Å². The van der Waals surface area contributed by atoms with Crippen molar-refractivity contribution < 1.29 is 37.1 Å². The minimum Gasteiger partial charge on any atom is -0.465 e. The molecule has 11 heteroatoms. The van der Waals surface area contributed by atoms with Gasteiger partial charge in [-0.15, -0.1) is 0 Å². The Morgan fingerprint density at radius 1 is 1.15 bits per heavy atom. The Morgan fingerprint density at radius 2 is 1.85 bits per heavy atom. The summed E-state index contributed by atoms with van der Waals surface area (Å²) in [6.07, 6.45) is -4.63. The van der Waals surface area contributed by atoms with E-state index in [1.165, 1.54) is 32.2 Å². The van der Waals surface area contributed by atoms with Gasteiger partial charge in [0.1, 0.15) is 12.1 Å². The Hall–Kier alpha value is -3.89. The lowest BCUT2D eigenvalue weighted by Gasteiger charge is -2.23. The van der Waals surface area contributed by atoms with Gasteiger partial charge < -0.3 is 15.4 Å². The molecule has 0 radical (unpaired) electrons. The number of carbonyl (C=O) groups excluding carboxylic acids is 4. The molecule has 0 aromatic heterocycles. The van der Waals surface area contributed by atoms with Gasteiger partial charge in [0, 0.05) is 5.69 Å². The standard InChI is InChI=1S/C22H20F3N3O5/c1-12-7-8-13(18(30)33-3)9-16(12)26-17(29)11-28-19(31)21(2,27-20(28)32)14-5-4-6-15(10-14)22(23,24)25/h4-10H,11H2,1-3H3,(H,26,29)(H,27,32). The minimum absolute atomic E-state index is 0.0693. The summed E-state index contributed by atoms with van der Waals surface area (Å²) in [5, 5.41) is 4.89. The molecule has 2 aromatic rings. The van der Waals surface area contributed by atoms with Crippen molar-refractivity contribution in [1.82, 2.24) is 10.2 Å². The molecule has 1 unspecified atom stereocenters. The van der Waals surface area contributed by atoms with Crippen molar-refractivity contribution in [2.24, 2.45) is 0 Å². The first-order chi connectivity index (χ1) is 15.4. The number of methoxy groups -OCH3 is 1. The van der Waals surface area contributed by atoms with Crippen LogP contribution in [0.5, 0.6) is 0 Å². The highest BCUT2D eigenvalue weighted by molar-refractivity contribution is 6.10. The van der Waals surface area contributed by atoms with Gasteiger partial charge in [0.15, 0.2) is 0 Å². The minimum atomic E-state index is -4.63. The molecule has 1 heterocycles. The van der Waals surface area contributed by atoms with Crippen molar-refractivity contribution in [2.45, 2.75) is 25.6 Å². The van der Waals surface area contributed by atoms with Gasteiger partial charge in [0.2, 0.25) is 5.91 Å². The number of benzene rings is 2. The largest absolute Gasteiger partial charge is 0.465 e.